The lowest BCUT2D eigenvalue weighted by Gasteiger charge is -2.19. The second-order valence-corrected chi connectivity index (χ2v) is 13.6. The van der Waals surface area contributed by atoms with Crippen LogP contribution in [0.25, 0.3) is 32.3 Å². The van der Waals surface area contributed by atoms with Crippen molar-refractivity contribution in [3.05, 3.63) is 46.5 Å². The first kappa shape index (κ1) is 39.8. The van der Waals surface area contributed by atoms with Crippen LogP contribution in [0.3, 0.4) is 0 Å². The van der Waals surface area contributed by atoms with Crippen LogP contribution in [0.15, 0.2) is 36.4 Å². The topological polar surface area (TPSA) is 89.3 Å². The lowest BCUT2D eigenvalue weighted by atomic mass is 9.92. The molecule has 0 bridgehead atoms. The van der Waals surface area contributed by atoms with Crippen LogP contribution >= 0.6 is 0 Å². The number of hydrogen-bond donors (Lipinski definition) is 0. The minimum atomic E-state index is -0.340. The standard InChI is InChI=1S/C43H61NO7/c1-6-11-16-21-47-39-27-33-32(26-38(39)44(45)46)34-28-40(48-22-17-12-7-2)42(50-24-19-14-9-4)30-36(34)37-31-43(51-25-20-15-10-5)41(29-35(33)37)49-23-18-13-8-3/h26-31H,6-25H2,1-5H3. The van der Waals surface area contributed by atoms with Crippen LogP contribution in [0, 0.1) is 10.1 Å². The number of nitro benzene ring substituents is 1. The molecular formula is C43H61NO7. The summed E-state index contributed by atoms with van der Waals surface area (Å²) in [4.78, 5) is 12.2. The molecular weight excluding hydrogens is 642 g/mol. The predicted molar refractivity (Wildman–Crippen MR) is 211 cm³/mol. The Morgan fingerprint density at radius 3 is 0.882 bits per heavy atom. The average Bonchev–Trinajstić information content (AvgIpc) is 3.13. The predicted octanol–water partition coefficient (Wildman–Crippen LogP) is 12.9. The molecule has 0 aliphatic rings. The van der Waals surface area contributed by atoms with Crippen molar-refractivity contribution in [2.24, 2.45) is 0 Å². The number of benzene rings is 4. The van der Waals surface area contributed by atoms with Gasteiger partial charge < -0.3 is 23.7 Å². The van der Waals surface area contributed by atoms with Crippen molar-refractivity contribution in [1.29, 1.82) is 0 Å². The van der Waals surface area contributed by atoms with Gasteiger partial charge in [0.05, 0.1) is 38.0 Å². The van der Waals surface area contributed by atoms with E-state index in [2.05, 4.69) is 52.8 Å². The molecule has 0 aliphatic heterocycles. The summed E-state index contributed by atoms with van der Waals surface area (Å²) in [5.41, 5.74) is -0.0446. The van der Waals surface area contributed by atoms with Gasteiger partial charge in [-0.1, -0.05) is 98.8 Å². The molecule has 0 atom stereocenters. The van der Waals surface area contributed by atoms with Gasteiger partial charge >= 0.3 is 5.69 Å². The van der Waals surface area contributed by atoms with Gasteiger partial charge in [0.1, 0.15) is 0 Å². The third-order valence-electron chi connectivity index (χ3n) is 9.36. The normalized spacial score (nSPS) is 11.4. The highest BCUT2D eigenvalue weighted by molar-refractivity contribution is 6.27. The maximum atomic E-state index is 12.5. The molecule has 0 aliphatic carbocycles. The number of nitro groups is 1. The molecule has 0 radical (unpaired) electrons. The van der Waals surface area contributed by atoms with Gasteiger partial charge in [0.15, 0.2) is 28.7 Å². The minimum Gasteiger partial charge on any atom is -0.490 e. The van der Waals surface area contributed by atoms with Crippen molar-refractivity contribution in [3.63, 3.8) is 0 Å². The van der Waals surface area contributed by atoms with E-state index in [-0.39, 0.29) is 16.4 Å². The summed E-state index contributed by atoms with van der Waals surface area (Å²) in [6.07, 6.45) is 15.4. The lowest BCUT2D eigenvalue weighted by molar-refractivity contribution is -0.385. The summed E-state index contributed by atoms with van der Waals surface area (Å²) in [6, 6.07) is 11.7. The Bertz CT molecular complexity index is 1640. The Morgan fingerprint density at radius 1 is 0.392 bits per heavy atom. The van der Waals surface area contributed by atoms with E-state index in [1.165, 1.54) is 0 Å². The molecule has 0 saturated carbocycles. The van der Waals surface area contributed by atoms with E-state index in [0.717, 1.165) is 129 Å². The summed E-state index contributed by atoms with van der Waals surface area (Å²) in [5, 5.41) is 17.8. The summed E-state index contributed by atoms with van der Waals surface area (Å²) in [5.74, 6) is 3.02. The van der Waals surface area contributed by atoms with Crippen molar-refractivity contribution < 1.29 is 28.6 Å². The van der Waals surface area contributed by atoms with Crippen LogP contribution in [0.2, 0.25) is 0 Å². The monoisotopic (exact) mass is 703 g/mol. The molecule has 8 nitrogen and oxygen atoms in total. The zero-order valence-electron chi connectivity index (χ0n) is 31.9. The smallest absolute Gasteiger partial charge is 0.311 e. The minimum absolute atomic E-state index is 0.0446. The van der Waals surface area contributed by atoms with Gasteiger partial charge in [0, 0.05) is 6.07 Å². The third-order valence-corrected chi connectivity index (χ3v) is 9.36. The largest absolute Gasteiger partial charge is 0.490 e. The third kappa shape index (κ3) is 11.0. The number of unbranched alkanes of at least 4 members (excludes halogenated alkanes) is 10. The van der Waals surface area contributed by atoms with Gasteiger partial charge in [-0.2, -0.15) is 0 Å². The molecule has 0 aromatic heterocycles. The number of hydrogen-bond acceptors (Lipinski definition) is 7. The fourth-order valence-corrected chi connectivity index (χ4v) is 6.41. The Morgan fingerprint density at radius 2 is 0.627 bits per heavy atom. The number of rotatable bonds is 26. The molecule has 51 heavy (non-hydrogen) atoms. The molecule has 0 spiro atoms. The fraction of sp³-hybridized carbons (Fsp3) is 0.581. The molecule has 4 aromatic rings. The molecule has 0 unspecified atom stereocenters. The SMILES string of the molecule is CCCCCOc1cc2c3cc(OCCCCC)c(OCCCCC)cc3c3cc([N+](=O)[O-])c(OCCCCC)cc3c2cc1OCCCCC. The quantitative estimate of drug-likeness (QED) is 0.0278. The van der Waals surface area contributed by atoms with Crippen molar-refractivity contribution in [2.45, 2.75) is 131 Å². The van der Waals surface area contributed by atoms with Gasteiger partial charge in [0.2, 0.25) is 0 Å². The van der Waals surface area contributed by atoms with Crippen molar-refractivity contribution in [2.75, 3.05) is 33.0 Å². The second-order valence-electron chi connectivity index (χ2n) is 13.6. The lowest BCUT2D eigenvalue weighted by Crippen LogP contribution is -2.04. The summed E-state index contributed by atoms with van der Waals surface area (Å²) in [7, 11) is 0. The zero-order chi connectivity index (χ0) is 36.4. The molecule has 0 saturated heterocycles. The maximum absolute atomic E-state index is 12.5. The molecule has 0 amide bonds. The van der Waals surface area contributed by atoms with Crippen LogP contribution in [0.1, 0.15) is 131 Å². The highest BCUT2D eigenvalue weighted by Gasteiger charge is 2.23. The van der Waals surface area contributed by atoms with Gasteiger partial charge in [-0.25, -0.2) is 0 Å². The summed E-state index contributed by atoms with van der Waals surface area (Å²) in [6.45, 7) is 13.6. The molecule has 280 valence electrons. The van der Waals surface area contributed by atoms with Gasteiger partial charge in [-0.05, 0) is 94.8 Å². The maximum Gasteiger partial charge on any atom is 0.311 e. The Kier molecular flexibility index (Phi) is 16.7. The Balaban J connectivity index is 2.01. The van der Waals surface area contributed by atoms with E-state index >= 15 is 0 Å². The first-order valence-corrected chi connectivity index (χ1v) is 19.8. The van der Waals surface area contributed by atoms with E-state index in [4.69, 9.17) is 23.7 Å². The first-order valence-electron chi connectivity index (χ1n) is 19.8. The van der Waals surface area contributed by atoms with Gasteiger partial charge in [-0.3, -0.25) is 10.1 Å². The van der Waals surface area contributed by atoms with Crippen LogP contribution in [-0.2, 0) is 0 Å². The fourth-order valence-electron chi connectivity index (χ4n) is 6.41. The number of ether oxygens (including phenoxy) is 5. The van der Waals surface area contributed by atoms with Crippen molar-refractivity contribution in [1.82, 2.24) is 0 Å². The number of nitrogens with zero attached hydrogens (tertiary/aromatic N) is 1. The Hall–Kier alpha value is -3.94. The van der Waals surface area contributed by atoms with Crippen LogP contribution < -0.4 is 23.7 Å². The molecule has 4 aromatic carbocycles. The molecule has 0 fully saturated rings. The molecule has 4 rings (SSSR count). The summed E-state index contributed by atoms with van der Waals surface area (Å²) < 4.78 is 31.8. The summed E-state index contributed by atoms with van der Waals surface area (Å²) >= 11 is 0. The van der Waals surface area contributed by atoms with Crippen LogP contribution in [-0.4, -0.2) is 38.0 Å². The number of fused-ring (bicyclic) bond motifs is 6. The highest BCUT2D eigenvalue weighted by atomic mass is 16.6. The van der Waals surface area contributed by atoms with Gasteiger partial charge in [0.25, 0.3) is 0 Å². The average molecular weight is 704 g/mol. The van der Waals surface area contributed by atoms with Crippen LogP contribution in [0.4, 0.5) is 5.69 Å². The van der Waals surface area contributed by atoms with Crippen molar-refractivity contribution >= 4 is 38.0 Å². The van der Waals surface area contributed by atoms with Gasteiger partial charge in [-0.15, -0.1) is 0 Å². The van der Waals surface area contributed by atoms with E-state index < -0.39 is 0 Å². The van der Waals surface area contributed by atoms with Crippen molar-refractivity contribution in [3.8, 4) is 28.7 Å². The van der Waals surface area contributed by atoms with E-state index in [9.17, 15) is 10.1 Å². The molecule has 8 heteroatoms. The van der Waals surface area contributed by atoms with E-state index in [1.54, 1.807) is 6.07 Å². The highest BCUT2D eigenvalue weighted by Crippen LogP contribution is 2.47. The zero-order valence-corrected chi connectivity index (χ0v) is 31.9. The van der Waals surface area contributed by atoms with Crippen LogP contribution in [0.5, 0.6) is 28.7 Å². The first-order chi connectivity index (χ1) is 25.0. The Labute approximate surface area is 305 Å². The molecule has 0 heterocycles. The van der Waals surface area contributed by atoms with E-state index in [0.29, 0.717) is 56.0 Å². The second kappa shape index (κ2) is 21.4. The molecule has 0 N–H and O–H groups in total. The van der Waals surface area contributed by atoms with E-state index in [1.807, 2.05) is 12.1 Å².